The van der Waals surface area contributed by atoms with E-state index in [0.717, 1.165) is 23.1 Å². The van der Waals surface area contributed by atoms with Crippen molar-refractivity contribution in [1.82, 2.24) is 19.3 Å². The molecule has 1 aromatic carbocycles. The Kier molecular flexibility index (Phi) is 5.31. The Balaban J connectivity index is 2.14. The van der Waals surface area contributed by atoms with Crippen molar-refractivity contribution in [2.24, 2.45) is 7.05 Å². The molecular weight excluding hydrogens is 396 g/mol. The number of rotatable bonds is 5. The van der Waals surface area contributed by atoms with Gasteiger partial charge in [-0.1, -0.05) is 0 Å². The zero-order valence-electron chi connectivity index (χ0n) is 15.6. The molecule has 2 aromatic heterocycles. The van der Waals surface area contributed by atoms with Crippen LogP contribution in [0, 0.1) is 5.82 Å². The van der Waals surface area contributed by atoms with Gasteiger partial charge >= 0.3 is 12.1 Å². The summed E-state index contributed by atoms with van der Waals surface area (Å²) in [5.74, 6) is -1.55. The number of alkyl halides is 3. The molecule has 11 heteroatoms. The van der Waals surface area contributed by atoms with E-state index in [-0.39, 0.29) is 35.1 Å². The summed E-state index contributed by atoms with van der Waals surface area (Å²) in [5.41, 5.74) is -1.83. The molecule has 0 aliphatic heterocycles. The number of hydrogen-bond acceptors (Lipinski definition) is 5. The molecule has 0 fully saturated rings. The predicted octanol–water partition coefficient (Wildman–Crippen LogP) is 3.62. The summed E-state index contributed by atoms with van der Waals surface area (Å²) in [4.78, 5) is 15.8. The maximum absolute atomic E-state index is 14.3. The summed E-state index contributed by atoms with van der Waals surface area (Å²) in [6.07, 6.45) is -2.69. The second kappa shape index (κ2) is 7.57. The lowest BCUT2D eigenvalue weighted by Gasteiger charge is -2.07. The first-order chi connectivity index (χ1) is 13.7. The van der Waals surface area contributed by atoms with Crippen molar-refractivity contribution < 1.29 is 31.8 Å². The van der Waals surface area contributed by atoms with Gasteiger partial charge in [0.25, 0.3) is 0 Å². The number of imidazole rings is 1. The van der Waals surface area contributed by atoms with Crippen LogP contribution in [0.4, 0.5) is 17.6 Å². The van der Waals surface area contributed by atoms with Gasteiger partial charge < -0.3 is 14.0 Å². The second-order valence-corrected chi connectivity index (χ2v) is 5.90. The summed E-state index contributed by atoms with van der Waals surface area (Å²) in [5, 5.41) is 3.53. The number of ether oxygens (including phenoxy) is 2. The van der Waals surface area contributed by atoms with Gasteiger partial charge in [0.05, 0.1) is 31.2 Å². The number of halogens is 4. The van der Waals surface area contributed by atoms with Crippen molar-refractivity contribution in [3.05, 3.63) is 47.9 Å². The zero-order valence-corrected chi connectivity index (χ0v) is 15.6. The number of carbonyl (C=O) groups is 1. The zero-order chi connectivity index (χ0) is 21.3. The van der Waals surface area contributed by atoms with Gasteiger partial charge in [-0.2, -0.15) is 18.3 Å². The topological polar surface area (TPSA) is 71.2 Å². The fraction of sp³-hybridized carbons (Fsp3) is 0.278. The summed E-state index contributed by atoms with van der Waals surface area (Å²) >= 11 is 0. The molecule has 0 N–H and O–H groups in total. The first-order valence-electron chi connectivity index (χ1n) is 8.37. The molecule has 0 saturated carbocycles. The highest BCUT2D eigenvalue weighted by Crippen LogP contribution is 2.37. The molecule has 3 rings (SSSR count). The van der Waals surface area contributed by atoms with E-state index < -0.39 is 23.7 Å². The summed E-state index contributed by atoms with van der Waals surface area (Å²) in [7, 11) is 2.71. The number of carbonyl (C=O) groups excluding carboxylic acids is 1. The fourth-order valence-electron chi connectivity index (χ4n) is 2.74. The maximum atomic E-state index is 14.3. The lowest BCUT2D eigenvalue weighted by atomic mass is 10.2. The second-order valence-electron chi connectivity index (χ2n) is 5.90. The molecule has 3 aromatic rings. The van der Waals surface area contributed by atoms with Crippen LogP contribution in [-0.4, -0.2) is 39.0 Å². The molecule has 0 aliphatic carbocycles. The van der Waals surface area contributed by atoms with Gasteiger partial charge in [0.1, 0.15) is 11.4 Å². The minimum atomic E-state index is -4.82. The minimum Gasteiger partial charge on any atom is -0.497 e. The third-order valence-corrected chi connectivity index (χ3v) is 4.11. The largest absolute Gasteiger partial charge is 0.497 e. The Bertz CT molecular complexity index is 1060. The number of aromatic nitrogens is 4. The minimum absolute atomic E-state index is 0.0273. The molecule has 2 heterocycles. The van der Waals surface area contributed by atoms with E-state index in [0.29, 0.717) is 0 Å². The summed E-state index contributed by atoms with van der Waals surface area (Å²) in [6.45, 7) is 1.68. The van der Waals surface area contributed by atoms with Gasteiger partial charge in [-0.25, -0.2) is 18.9 Å². The van der Waals surface area contributed by atoms with Crippen LogP contribution in [0.25, 0.3) is 16.9 Å². The van der Waals surface area contributed by atoms with E-state index in [4.69, 9.17) is 9.47 Å². The third-order valence-electron chi connectivity index (χ3n) is 4.11. The van der Waals surface area contributed by atoms with Gasteiger partial charge in [-0.05, 0) is 19.1 Å². The SMILES string of the molecule is CCOC(=O)c1ncc(-c2cn(-c3ccc(OC)cc3F)nc2C(F)(F)F)n1C. The van der Waals surface area contributed by atoms with Crippen LogP contribution in [0.2, 0.25) is 0 Å². The average Bonchev–Trinajstić information content (AvgIpc) is 3.25. The molecule has 0 atom stereocenters. The Morgan fingerprint density at radius 3 is 2.59 bits per heavy atom. The molecule has 7 nitrogen and oxygen atoms in total. The lowest BCUT2D eigenvalue weighted by molar-refractivity contribution is -0.140. The molecule has 29 heavy (non-hydrogen) atoms. The van der Waals surface area contributed by atoms with Gasteiger partial charge in [0.2, 0.25) is 5.82 Å². The normalized spacial score (nSPS) is 11.6. The highest BCUT2D eigenvalue weighted by molar-refractivity contribution is 5.86. The van der Waals surface area contributed by atoms with E-state index in [9.17, 15) is 22.4 Å². The molecule has 0 radical (unpaired) electrons. The molecule has 0 saturated heterocycles. The number of methoxy groups -OCH3 is 1. The molecule has 0 unspecified atom stereocenters. The van der Waals surface area contributed by atoms with Crippen molar-refractivity contribution in [2.45, 2.75) is 13.1 Å². The van der Waals surface area contributed by atoms with Crippen LogP contribution in [-0.2, 0) is 18.0 Å². The van der Waals surface area contributed by atoms with Gasteiger partial charge in [0.15, 0.2) is 11.5 Å². The van der Waals surface area contributed by atoms with Gasteiger partial charge in [-0.3, -0.25) is 0 Å². The van der Waals surface area contributed by atoms with E-state index in [1.807, 2.05) is 0 Å². The fourth-order valence-corrected chi connectivity index (χ4v) is 2.74. The van der Waals surface area contributed by atoms with Crippen LogP contribution in [0.3, 0.4) is 0 Å². The molecule has 0 spiro atoms. The van der Waals surface area contributed by atoms with E-state index >= 15 is 0 Å². The molecule has 0 aliphatic rings. The Hall–Kier alpha value is -3.37. The van der Waals surface area contributed by atoms with E-state index in [1.165, 1.54) is 30.9 Å². The van der Waals surface area contributed by atoms with Crippen LogP contribution in [0.1, 0.15) is 23.2 Å². The predicted molar refractivity (Wildman–Crippen MR) is 93.2 cm³/mol. The highest BCUT2D eigenvalue weighted by Gasteiger charge is 2.39. The standard InChI is InChI=1S/C18H16F4N4O3/c1-4-29-17(27)16-23-8-14(25(16)2)11-9-26(24-15(11)18(20,21)22)13-6-5-10(28-3)7-12(13)19/h5-9H,4H2,1-3H3. The van der Waals surface area contributed by atoms with Crippen molar-refractivity contribution in [3.63, 3.8) is 0 Å². The first kappa shape index (κ1) is 20.4. The van der Waals surface area contributed by atoms with Crippen LogP contribution >= 0.6 is 0 Å². The van der Waals surface area contributed by atoms with Crippen molar-refractivity contribution in [3.8, 4) is 22.7 Å². The van der Waals surface area contributed by atoms with Gasteiger partial charge in [0, 0.05) is 19.3 Å². The molecule has 0 bridgehead atoms. The molecule has 0 amide bonds. The smallest absolute Gasteiger partial charge is 0.435 e. The Morgan fingerprint density at radius 1 is 1.28 bits per heavy atom. The number of nitrogens with zero attached hydrogens (tertiary/aromatic N) is 4. The van der Waals surface area contributed by atoms with Crippen molar-refractivity contribution in [1.29, 1.82) is 0 Å². The average molecular weight is 412 g/mol. The Labute approximate surface area is 162 Å². The van der Waals surface area contributed by atoms with Crippen LogP contribution in [0.5, 0.6) is 5.75 Å². The monoisotopic (exact) mass is 412 g/mol. The summed E-state index contributed by atoms with van der Waals surface area (Å²) in [6, 6.07) is 3.68. The number of esters is 1. The van der Waals surface area contributed by atoms with Gasteiger partial charge in [-0.15, -0.1) is 0 Å². The maximum Gasteiger partial charge on any atom is 0.435 e. The molecule has 154 valence electrons. The summed E-state index contributed by atoms with van der Waals surface area (Å²) < 4.78 is 66.8. The first-order valence-corrected chi connectivity index (χ1v) is 8.37. The van der Waals surface area contributed by atoms with Crippen LogP contribution < -0.4 is 4.74 Å². The van der Waals surface area contributed by atoms with Crippen LogP contribution in [0.15, 0.2) is 30.6 Å². The number of hydrogen-bond donors (Lipinski definition) is 0. The third kappa shape index (κ3) is 3.80. The van der Waals surface area contributed by atoms with E-state index in [2.05, 4.69) is 10.1 Å². The Morgan fingerprint density at radius 2 is 2.00 bits per heavy atom. The van der Waals surface area contributed by atoms with Crippen molar-refractivity contribution in [2.75, 3.05) is 13.7 Å². The molecular formula is C18H16F4N4O3. The van der Waals surface area contributed by atoms with E-state index in [1.54, 1.807) is 6.92 Å². The van der Waals surface area contributed by atoms with Crippen molar-refractivity contribution >= 4 is 5.97 Å². The lowest BCUT2D eigenvalue weighted by Crippen LogP contribution is -2.12. The highest BCUT2D eigenvalue weighted by atomic mass is 19.4. The number of benzene rings is 1. The quantitative estimate of drug-likeness (QED) is 0.473.